The molecule has 5 rings (SSSR count). The largest absolute Gasteiger partial charge is 0.394 e. The second kappa shape index (κ2) is 8.00. The summed E-state index contributed by atoms with van der Waals surface area (Å²) < 4.78 is 0. The van der Waals surface area contributed by atoms with E-state index in [-0.39, 0.29) is 18.7 Å². The molecule has 0 aliphatic carbocycles. The maximum Gasteiger partial charge on any atom is 0.107 e. The fourth-order valence-electron chi connectivity index (χ4n) is 4.58. The third-order valence-corrected chi connectivity index (χ3v) is 6.68. The second-order valence-corrected chi connectivity index (χ2v) is 8.62. The zero-order valence-electron chi connectivity index (χ0n) is 16.1. The van der Waals surface area contributed by atoms with E-state index in [4.69, 9.17) is 0 Å². The van der Waals surface area contributed by atoms with E-state index in [2.05, 4.69) is 45.2 Å². The summed E-state index contributed by atoms with van der Waals surface area (Å²) in [5.41, 5.74) is 4.44. The van der Waals surface area contributed by atoms with Crippen molar-refractivity contribution in [3.05, 3.63) is 81.8 Å². The summed E-state index contributed by atoms with van der Waals surface area (Å²) in [4.78, 5) is 7.00. The first-order valence-corrected chi connectivity index (χ1v) is 10.9. The van der Waals surface area contributed by atoms with Crippen LogP contribution in [0.1, 0.15) is 34.2 Å². The Bertz CT molecular complexity index is 1040. The van der Waals surface area contributed by atoms with Crippen LogP contribution in [0.2, 0.25) is 0 Å². The van der Waals surface area contributed by atoms with Gasteiger partial charge in [0.25, 0.3) is 0 Å². The molecule has 146 valence electrons. The van der Waals surface area contributed by atoms with Gasteiger partial charge in [-0.25, -0.2) is 4.98 Å². The molecule has 0 spiro atoms. The van der Waals surface area contributed by atoms with Crippen molar-refractivity contribution < 1.29 is 5.11 Å². The highest BCUT2D eigenvalue weighted by molar-refractivity contribution is 7.09. The van der Waals surface area contributed by atoms with Gasteiger partial charge in [0.2, 0.25) is 0 Å². The lowest BCUT2D eigenvalue weighted by atomic mass is 9.82. The van der Waals surface area contributed by atoms with E-state index in [1.807, 2.05) is 41.9 Å². The summed E-state index contributed by atoms with van der Waals surface area (Å²) in [7, 11) is 0. The average Bonchev–Trinajstić information content (AvgIpc) is 3.43. The van der Waals surface area contributed by atoms with Gasteiger partial charge >= 0.3 is 0 Å². The van der Waals surface area contributed by atoms with E-state index in [0.717, 1.165) is 41.3 Å². The molecule has 2 aliphatic heterocycles. The second-order valence-electron chi connectivity index (χ2n) is 7.65. The van der Waals surface area contributed by atoms with Crippen LogP contribution in [-0.4, -0.2) is 34.2 Å². The number of aliphatic hydroxyl groups is 1. The highest BCUT2D eigenvalue weighted by atomic mass is 32.1. The number of fused-ring (bicyclic) bond motifs is 3. The molecular formula is C24H23N3OS. The molecule has 1 aromatic heterocycles. The number of hydrogen-bond donors (Lipinski definition) is 2. The molecule has 0 radical (unpaired) electrons. The molecule has 29 heavy (non-hydrogen) atoms. The van der Waals surface area contributed by atoms with Crippen LogP contribution in [-0.2, 0) is 6.54 Å². The van der Waals surface area contributed by atoms with E-state index in [1.165, 1.54) is 5.56 Å². The number of benzene rings is 2. The van der Waals surface area contributed by atoms with Crippen molar-refractivity contribution in [2.75, 3.05) is 18.5 Å². The molecule has 2 aliphatic rings. The maximum absolute atomic E-state index is 9.96. The Morgan fingerprint density at radius 2 is 2.00 bits per heavy atom. The molecule has 4 nitrogen and oxygen atoms in total. The first-order chi connectivity index (χ1) is 14.3. The predicted octanol–water partition coefficient (Wildman–Crippen LogP) is 3.89. The molecule has 3 aromatic rings. The Morgan fingerprint density at radius 1 is 1.14 bits per heavy atom. The number of thiazole rings is 1. The average molecular weight is 402 g/mol. The Hall–Kier alpha value is -2.65. The van der Waals surface area contributed by atoms with Gasteiger partial charge in [-0.05, 0) is 48.9 Å². The molecule has 0 unspecified atom stereocenters. The number of aromatic nitrogens is 1. The minimum atomic E-state index is 0.0926. The third kappa shape index (κ3) is 3.67. The fourth-order valence-corrected chi connectivity index (χ4v) is 5.22. The van der Waals surface area contributed by atoms with Gasteiger partial charge in [-0.15, -0.1) is 11.3 Å². The van der Waals surface area contributed by atoms with Crippen LogP contribution in [0.4, 0.5) is 5.69 Å². The standard InChI is InChI=1S/C24H23N3OS/c28-16-22-19-10-12-27(15-23-25-11-13-29-23)24(19)20-14-18(8-9-21(20)26-22)7-6-17-4-2-1-3-5-17/h1-5,8-9,11,13-14,19,22,24,26,28H,10,12,15-16H2/t19-,22+,24-/m1/s1. The van der Waals surface area contributed by atoms with Crippen molar-refractivity contribution >= 4 is 17.0 Å². The Labute approximate surface area is 175 Å². The summed E-state index contributed by atoms with van der Waals surface area (Å²) in [5.74, 6) is 6.98. The minimum absolute atomic E-state index is 0.0926. The predicted molar refractivity (Wildman–Crippen MR) is 117 cm³/mol. The molecule has 2 aromatic carbocycles. The first kappa shape index (κ1) is 18.4. The van der Waals surface area contributed by atoms with E-state index < -0.39 is 0 Å². The highest BCUT2D eigenvalue weighted by Crippen LogP contribution is 2.47. The summed E-state index contributed by atoms with van der Waals surface area (Å²) in [6.45, 7) is 2.03. The van der Waals surface area contributed by atoms with Gasteiger partial charge in [0.05, 0.1) is 19.2 Å². The molecule has 5 heteroatoms. The van der Waals surface area contributed by atoms with Crippen LogP contribution < -0.4 is 5.32 Å². The van der Waals surface area contributed by atoms with Gasteiger partial charge in [-0.2, -0.15) is 0 Å². The van der Waals surface area contributed by atoms with Gasteiger partial charge in [0.1, 0.15) is 5.01 Å². The molecule has 3 heterocycles. The Balaban J connectivity index is 1.49. The molecule has 1 fully saturated rings. The van der Waals surface area contributed by atoms with Crippen LogP contribution in [0.15, 0.2) is 60.1 Å². The maximum atomic E-state index is 9.96. The zero-order valence-corrected chi connectivity index (χ0v) is 16.9. The smallest absolute Gasteiger partial charge is 0.107 e. The van der Waals surface area contributed by atoms with Crippen molar-refractivity contribution in [2.24, 2.45) is 5.92 Å². The number of rotatable bonds is 3. The van der Waals surface area contributed by atoms with E-state index in [0.29, 0.717) is 5.92 Å². The molecule has 2 N–H and O–H groups in total. The van der Waals surface area contributed by atoms with E-state index in [9.17, 15) is 5.11 Å². The normalized spacial score (nSPS) is 22.9. The number of hydrogen-bond acceptors (Lipinski definition) is 5. The highest BCUT2D eigenvalue weighted by Gasteiger charge is 2.43. The first-order valence-electron chi connectivity index (χ1n) is 10.0. The molecule has 1 saturated heterocycles. The number of likely N-dealkylation sites (tertiary alicyclic amines) is 1. The van der Waals surface area contributed by atoms with Crippen LogP contribution >= 0.6 is 11.3 Å². The van der Waals surface area contributed by atoms with Gasteiger partial charge < -0.3 is 10.4 Å². The zero-order chi connectivity index (χ0) is 19.6. The van der Waals surface area contributed by atoms with E-state index in [1.54, 1.807) is 11.3 Å². The fraction of sp³-hybridized carbons (Fsp3) is 0.292. The third-order valence-electron chi connectivity index (χ3n) is 5.92. The van der Waals surface area contributed by atoms with Crippen molar-refractivity contribution in [3.63, 3.8) is 0 Å². The van der Waals surface area contributed by atoms with Crippen molar-refractivity contribution in [3.8, 4) is 11.8 Å². The Morgan fingerprint density at radius 3 is 2.79 bits per heavy atom. The van der Waals surface area contributed by atoms with Crippen molar-refractivity contribution in [1.29, 1.82) is 0 Å². The molecular weight excluding hydrogens is 378 g/mol. The molecule has 0 bridgehead atoms. The monoisotopic (exact) mass is 401 g/mol. The lowest BCUT2D eigenvalue weighted by Gasteiger charge is -2.39. The van der Waals surface area contributed by atoms with Crippen LogP contribution in [0.5, 0.6) is 0 Å². The number of aliphatic hydroxyl groups excluding tert-OH is 1. The lowest BCUT2D eigenvalue weighted by molar-refractivity contribution is 0.172. The lowest BCUT2D eigenvalue weighted by Crippen LogP contribution is -2.41. The number of anilines is 1. The quantitative estimate of drug-likeness (QED) is 0.654. The molecule has 0 amide bonds. The van der Waals surface area contributed by atoms with Crippen LogP contribution in [0.3, 0.4) is 0 Å². The minimum Gasteiger partial charge on any atom is -0.394 e. The summed E-state index contributed by atoms with van der Waals surface area (Å²) in [6, 6.07) is 16.9. The van der Waals surface area contributed by atoms with Gasteiger partial charge in [0, 0.05) is 40.4 Å². The van der Waals surface area contributed by atoms with Crippen molar-refractivity contribution in [1.82, 2.24) is 9.88 Å². The van der Waals surface area contributed by atoms with Crippen LogP contribution in [0.25, 0.3) is 0 Å². The molecule has 0 saturated carbocycles. The number of nitrogens with zero attached hydrogens (tertiary/aromatic N) is 2. The van der Waals surface area contributed by atoms with Gasteiger partial charge in [-0.1, -0.05) is 30.0 Å². The van der Waals surface area contributed by atoms with Gasteiger partial charge in [0.15, 0.2) is 0 Å². The number of nitrogens with one attached hydrogen (secondary N) is 1. The molecule has 3 atom stereocenters. The van der Waals surface area contributed by atoms with Crippen molar-refractivity contribution in [2.45, 2.75) is 25.0 Å². The summed E-state index contributed by atoms with van der Waals surface area (Å²) >= 11 is 1.71. The summed E-state index contributed by atoms with van der Waals surface area (Å²) in [5, 5.41) is 16.7. The van der Waals surface area contributed by atoms with Gasteiger partial charge in [-0.3, -0.25) is 4.90 Å². The SMILES string of the molecule is OC[C@@H]1Nc2ccc(C#Cc3ccccc3)cc2[C@H]2[C@@H]1CCN2Cc1nccs1. The summed E-state index contributed by atoms with van der Waals surface area (Å²) in [6.07, 6.45) is 2.95. The Kier molecular flexibility index (Phi) is 5.07. The topological polar surface area (TPSA) is 48.4 Å². The van der Waals surface area contributed by atoms with Crippen LogP contribution in [0, 0.1) is 17.8 Å². The van der Waals surface area contributed by atoms with E-state index >= 15 is 0 Å².